The summed E-state index contributed by atoms with van der Waals surface area (Å²) in [6.07, 6.45) is 6.30. The van der Waals surface area contributed by atoms with Gasteiger partial charge < -0.3 is 24.1 Å². The molecular weight excluding hydrogens is 416 g/mol. The highest BCUT2D eigenvalue weighted by atomic mass is 16.5. The summed E-state index contributed by atoms with van der Waals surface area (Å²) in [5, 5.41) is 1.25. The topological polar surface area (TPSA) is 63.8 Å². The molecule has 1 unspecified atom stereocenters. The van der Waals surface area contributed by atoms with Crippen molar-refractivity contribution in [3.8, 4) is 11.5 Å². The van der Waals surface area contributed by atoms with Gasteiger partial charge in [-0.25, -0.2) is 0 Å². The molecule has 2 aliphatic rings. The molecule has 0 saturated carbocycles. The van der Waals surface area contributed by atoms with Crippen LogP contribution in [0.5, 0.6) is 11.5 Å². The van der Waals surface area contributed by atoms with Gasteiger partial charge in [-0.3, -0.25) is 4.79 Å². The molecule has 5 rings (SSSR count). The van der Waals surface area contributed by atoms with Gasteiger partial charge in [0.25, 0.3) is 0 Å². The Bertz CT molecular complexity index is 1130. The predicted molar refractivity (Wildman–Crippen MR) is 128 cm³/mol. The molecule has 174 valence electrons. The maximum absolute atomic E-state index is 13.6. The number of amides is 1. The highest BCUT2D eigenvalue weighted by Gasteiger charge is 2.35. The number of aryl methyl sites for hydroxylation is 1. The zero-order valence-electron chi connectivity index (χ0n) is 19.4. The average molecular weight is 449 g/mol. The number of methoxy groups -OCH3 is 2. The van der Waals surface area contributed by atoms with Crippen molar-refractivity contribution in [2.24, 2.45) is 5.92 Å². The first-order valence-corrected chi connectivity index (χ1v) is 11.9. The van der Waals surface area contributed by atoms with Crippen LogP contribution in [0.1, 0.15) is 42.0 Å². The van der Waals surface area contributed by atoms with E-state index in [2.05, 4.69) is 46.4 Å². The fraction of sp³-hybridized carbons (Fsp3) is 0.444. The lowest BCUT2D eigenvalue weighted by molar-refractivity contribution is -0.141. The number of hydrogen-bond donors (Lipinski definition) is 1. The van der Waals surface area contributed by atoms with Crippen LogP contribution in [0.2, 0.25) is 0 Å². The second-order valence-electron chi connectivity index (χ2n) is 8.99. The Labute approximate surface area is 194 Å². The number of carbonyl (C=O) groups is 1. The van der Waals surface area contributed by atoms with E-state index in [4.69, 9.17) is 14.2 Å². The van der Waals surface area contributed by atoms with E-state index in [9.17, 15) is 4.79 Å². The second kappa shape index (κ2) is 9.48. The number of hydrogen-bond acceptors (Lipinski definition) is 4. The summed E-state index contributed by atoms with van der Waals surface area (Å²) in [7, 11) is 3.33. The number of aromatic amines is 1. The Kier molecular flexibility index (Phi) is 6.27. The quantitative estimate of drug-likeness (QED) is 0.595. The molecule has 0 aliphatic carbocycles. The molecule has 0 spiro atoms. The summed E-state index contributed by atoms with van der Waals surface area (Å²) in [5.74, 6) is 1.78. The van der Waals surface area contributed by atoms with Crippen molar-refractivity contribution in [1.29, 1.82) is 0 Å². The van der Waals surface area contributed by atoms with Gasteiger partial charge in [0.1, 0.15) is 0 Å². The Morgan fingerprint density at radius 1 is 1.12 bits per heavy atom. The fourth-order valence-corrected chi connectivity index (χ4v) is 5.41. The summed E-state index contributed by atoms with van der Waals surface area (Å²) in [5.41, 5.74) is 4.86. The first-order valence-electron chi connectivity index (χ1n) is 11.9. The normalized spacial score (nSPS) is 18.8. The third-order valence-corrected chi connectivity index (χ3v) is 7.22. The summed E-state index contributed by atoms with van der Waals surface area (Å²) in [4.78, 5) is 19.1. The zero-order valence-corrected chi connectivity index (χ0v) is 19.4. The third kappa shape index (κ3) is 4.20. The van der Waals surface area contributed by atoms with E-state index in [-0.39, 0.29) is 17.9 Å². The molecule has 1 N–H and O–H groups in total. The van der Waals surface area contributed by atoms with Gasteiger partial charge in [-0.2, -0.15) is 0 Å². The minimum absolute atomic E-state index is 0.0116. The monoisotopic (exact) mass is 448 g/mol. The molecule has 33 heavy (non-hydrogen) atoms. The summed E-state index contributed by atoms with van der Waals surface area (Å²) >= 11 is 0. The maximum Gasteiger partial charge on any atom is 0.226 e. The number of benzene rings is 2. The Morgan fingerprint density at radius 3 is 2.67 bits per heavy atom. The highest BCUT2D eigenvalue weighted by Crippen LogP contribution is 2.41. The van der Waals surface area contributed by atoms with E-state index >= 15 is 0 Å². The number of H-pyrrole nitrogens is 1. The van der Waals surface area contributed by atoms with Crippen LogP contribution in [-0.4, -0.2) is 49.8 Å². The zero-order chi connectivity index (χ0) is 22.8. The number of fused-ring (bicyclic) bond motifs is 2. The first kappa shape index (κ1) is 21.8. The molecule has 1 atom stereocenters. The van der Waals surface area contributed by atoms with E-state index in [0.717, 1.165) is 49.9 Å². The van der Waals surface area contributed by atoms with Crippen LogP contribution in [0.4, 0.5) is 0 Å². The fourth-order valence-electron chi connectivity index (χ4n) is 5.41. The Balaban J connectivity index is 1.48. The van der Waals surface area contributed by atoms with Gasteiger partial charge in [0.15, 0.2) is 11.5 Å². The van der Waals surface area contributed by atoms with Crippen molar-refractivity contribution in [3.05, 3.63) is 59.3 Å². The number of ether oxygens (including phenoxy) is 3. The maximum atomic E-state index is 13.6. The Hall–Kier alpha value is -2.99. The minimum Gasteiger partial charge on any atom is -0.493 e. The largest absolute Gasteiger partial charge is 0.493 e. The lowest BCUT2D eigenvalue weighted by Crippen LogP contribution is -2.44. The van der Waals surface area contributed by atoms with Crippen LogP contribution >= 0.6 is 0 Å². The molecule has 0 radical (unpaired) electrons. The van der Waals surface area contributed by atoms with Crippen LogP contribution in [0.3, 0.4) is 0 Å². The molecule has 3 aromatic rings. The van der Waals surface area contributed by atoms with E-state index in [1.54, 1.807) is 14.2 Å². The number of aromatic nitrogens is 1. The number of para-hydroxylation sites is 1. The molecule has 1 amide bonds. The Morgan fingerprint density at radius 2 is 1.88 bits per heavy atom. The smallest absolute Gasteiger partial charge is 0.226 e. The van der Waals surface area contributed by atoms with Crippen molar-refractivity contribution in [2.75, 3.05) is 34.0 Å². The van der Waals surface area contributed by atoms with Crippen LogP contribution in [0, 0.1) is 5.92 Å². The summed E-state index contributed by atoms with van der Waals surface area (Å²) < 4.78 is 16.7. The molecular formula is C27H32N2O4. The van der Waals surface area contributed by atoms with Gasteiger partial charge in [0.05, 0.1) is 20.3 Å². The third-order valence-electron chi connectivity index (χ3n) is 7.22. The molecule has 1 aromatic heterocycles. The van der Waals surface area contributed by atoms with Gasteiger partial charge in [0.2, 0.25) is 5.91 Å². The van der Waals surface area contributed by atoms with E-state index in [1.807, 2.05) is 6.07 Å². The standard InChI is InChI=1S/C27H32N2O4/c1-31-25-15-19-9-12-29(27(30)18-10-13-33-14-11-18)24(22(19)16-26(25)32-2)8-7-20-17-28-23-6-4-3-5-21(20)23/h3-6,15-18,24,28H,7-14H2,1-2H3. The minimum atomic E-state index is 0.0116. The van der Waals surface area contributed by atoms with Crippen LogP contribution < -0.4 is 9.47 Å². The van der Waals surface area contributed by atoms with Crippen molar-refractivity contribution in [3.63, 3.8) is 0 Å². The lowest BCUT2D eigenvalue weighted by atomic mass is 9.86. The molecule has 6 nitrogen and oxygen atoms in total. The van der Waals surface area contributed by atoms with Crippen molar-refractivity contribution in [1.82, 2.24) is 9.88 Å². The molecule has 6 heteroatoms. The number of carbonyl (C=O) groups excluding carboxylic acids is 1. The van der Waals surface area contributed by atoms with Gasteiger partial charge in [-0.15, -0.1) is 0 Å². The van der Waals surface area contributed by atoms with Crippen LogP contribution in [-0.2, 0) is 22.4 Å². The van der Waals surface area contributed by atoms with Gasteiger partial charge in [-0.05, 0) is 67.0 Å². The summed E-state index contributed by atoms with van der Waals surface area (Å²) in [6.45, 7) is 2.08. The molecule has 3 heterocycles. The first-order chi connectivity index (χ1) is 16.2. The molecule has 1 saturated heterocycles. The predicted octanol–water partition coefficient (Wildman–Crippen LogP) is 4.67. The van der Waals surface area contributed by atoms with Crippen molar-refractivity contribution >= 4 is 16.8 Å². The second-order valence-corrected chi connectivity index (χ2v) is 8.99. The highest BCUT2D eigenvalue weighted by molar-refractivity contribution is 5.83. The van der Waals surface area contributed by atoms with Crippen molar-refractivity contribution < 1.29 is 19.0 Å². The van der Waals surface area contributed by atoms with Gasteiger partial charge in [0, 0.05) is 42.8 Å². The van der Waals surface area contributed by atoms with Crippen molar-refractivity contribution in [2.45, 2.75) is 38.1 Å². The van der Waals surface area contributed by atoms with Gasteiger partial charge >= 0.3 is 0 Å². The van der Waals surface area contributed by atoms with E-state index < -0.39 is 0 Å². The SMILES string of the molecule is COc1cc2c(cc1OC)C(CCc1c[nH]c3ccccc13)N(C(=O)C1CCOCC1)CC2. The van der Waals surface area contributed by atoms with E-state index in [1.165, 1.54) is 22.1 Å². The number of nitrogens with one attached hydrogen (secondary N) is 1. The van der Waals surface area contributed by atoms with Crippen LogP contribution in [0.25, 0.3) is 10.9 Å². The lowest BCUT2D eigenvalue weighted by Gasteiger charge is -2.40. The number of nitrogens with zero attached hydrogens (tertiary/aromatic N) is 1. The molecule has 2 aromatic carbocycles. The molecule has 1 fully saturated rings. The van der Waals surface area contributed by atoms with Crippen LogP contribution in [0.15, 0.2) is 42.6 Å². The van der Waals surface area contributed by atoms with E-state index in [0.29, 0.717) is 19.0 Å². The molecule has 0 bridgehead atoms. The molecule has 2 aliphatic heterocycles. The average Bonchev–Trinajstić information content (AvgIpc) is 3.29. The van der Waals surface area contributed by atoms with Gasteiger partial charge in [-0.1, -0.05) is 18.2 Å². The summed E-state index contributed by atoms with van der Waals surface area (Å²) in [6, 6.07) is 12.6. The number of rotatable bonds is 6.